The smallest absolute Gasteiger partial charge is 0.129 e. The van der Waals surface area contributed by atoms with Gasteiger partial charge in [-0.25, -0.2) is 4.39 Å². The zero-order chi connectivity index (χ0) is 13.3. The first-order valence-electron chi connectivity index (χ1n) is 6.06. The van der Waals surface area contributed by atoms with Crippen molar-refractivity contribution in [3.05, 3.63) is 33.0 Å². The SMILES string of the molecule is CCC1OCCC1C(N)c1cc(Cl)c(Br)cc1F. The molecule has 100 valence electrons. The molecule has 1 aliphatic rings. The van der Waals surface area contributed by atoms with Crippen LogP contribution < -0.4 is 5.73 Å². The average Bonchev–Trinajstić information content (AvgIpc) is 2.81. The van der Waals surface area contributed by atoms with Crippen LogP contribution in [-0.2, 0) is 4.74 Å². The van der Waals surface area contributed by atoms with E-state index in [0.717, 1.165) is 12.8 Å². The first kappa shape index (κ1) is 14.3. The Bertz CT molecular complexity index is 443. The van der Waals surface area contributed by atoms with E-state index in [4.69, 9.17) is 22.1 Å². The van der Waals surface area contributed by atoms with Crippen molar-refractivity contribution in [2.75, 3.05) is 6.61 Å². The lowest BCUT2D eigenvalue weighted by Crippen LogP contribution is -2.28. The summed E-state index contributed by atoms with van der Waals surface area (Å²) in [6, 6.07) is 2.60. The quantitative estimate of drug-likeness (QED) is 0.845. The van der Waals surface area contributed by atoms with Crippen molar-refractivity contribution >= 4 is 27.5 Å². The highest BCUT2D eigenvalue weighted by Crippen LogP contribution is 2.36. The zero-order valence-corrected chi connectivity index (χ0v) is 12.5. The van der Waals surface area contributed by atoms with Gasteiger partial charge in [0.05, 0.1) is 11.1 Å². The van der Waals surface area contributed by atoms with Crippen LogP contribution in [0.4, 0.5) is 4.39 Å². The van der Waals surface area contributed by atoms with Crippen LogP contribution in [-0.4, -0.2) is 12.7 Å². The van der Waals surface area contributed by atoms with Gasteiger partial charge in [-0.1, -0.05) is 18.5 Å². The van der Waals surface area contributed by atoms with Crippen molar-refractivity contribution in [3.63, 3.8) is 0 Å². The number of halogens is 3. The molecule has 1 saturated heterocycles. The van der Waals surface area contributed by atoms with Crippen molar-refractivity contribution in [3.8, 4) is 0 Å². The number of hydrogen-bond acceptors (Lipinski definition) is 2. The van der Waals surface area contributed by atoms with Gasteiger partial charge >= 0.3 is 0 Å². The minimum Gasteiger partial charge on any atom is -0.378 e. The number of hydrogen-bond donors (Lipinski definition) is 1. The highest BCUT2D eigenvalue weighted by Gasteiger charge is 2.33. The lowest BCUT2D eigenvalue weighted by molar-refractivity contribution is 0.0810. The van der Waals surface area contributed by atoms with Crippen molar-refractivity contribution in [2.24, 2.45) is 11.7 Å². The van der Waals surface area contributed by atoms with Gasteiger partial charge in [0.15, 0.2) is 0 Å². The Morgan fingerprint density at radius 2 is 2.33 bits per heavy atom. The Morgan fingerprint density at radius 1 is 1.61 bits per heavy atom. The van der Waals surface area contributed by atoms with E-state index in [0.29, 0.717) is 21.7 Å². The minimum absolute atomic E-state index is 0.113. The first-order valence-corrected chi connectivity index (χ1v) is 7.23. The molecule has 1 aromatic rings. The highest BCUT2D eigenvalue weighted by molar-refractivity contribution is 9.10. The molecule has 2 N–H and O–H groups in total. The molecule has 2 rings (SSSR count). The first-order chi connectivity index (χ1) is 8.54. The molecule has 3 unspecified atom stereocenters. The van der Waals surface area contributed by atoms with Crippen LogP contribution in [0.3, 0.4) is 0 Å². The second-order valence-electron chi connectivity index (χ2n) is 4.58. The molecule has 0 aliphatic carbocycles. The molecule has 1 heterocycles. The summed E-state index contributed by atoms with van der Waals surface area (Å²) < 4.78 is 20.1. The second kappa shape index (κ2) is 5.87. The fourth-order valence-corrected chi connectivity index (χ4v) is 3.01. The molecule has 0 radical (unpaired) electrons. The van der Waals surface area contributed by atoms with E-state index >= 15 is 0 Å². The van der Waals surface area contributed by atoms with Crippen LogP contribution in [0.5, 0.6) is 0 Å². The Labute approximate surface area is 120 Å². The standard InChI is InChI=1S/C13H16BrClFNO/c1-2-12-7(3-4-18-12)13(17)8-5-10(15)9(14)6-11(8)16/h5-7,12-13H,2-4,17H2,1H3. The summed E-state index contributed by atoms with van der Waals surface area (Å²) in [5.41, 5.74) is 6.66. The topological polar surface area (TPSA) is 35.2 Å². The van der Waals surface area contributed by atoms with Gasteiger partial charge in [0.25, 0.3) is 0 Å². The van der Waals surface area contributed by atoms with Gasteiger partial charge in [0.2, 0.25) is 0 Å². The van der Waals surface area contributed by atoms with Gasteiger partial charge in [-0.15, -0.1) is 0 Å². The highest BCUT2D eigenvalue weighted by atomic mass is 79.9. The van der Waals surface area contributed by atoms with E-state index in [1.54, 1.807) is 6.07 Å². The van der Waals surface area contributed by atoms with Crippen LogP contribution in [0.25, 0.3) is 0 Å². The lowest BCUT2D eigenvalue weighted by atomic mass is 9.87. The lowest BCUT2D eigenvalue weighted by Gasteiger charge is -2.24. The van der Waals surface area contributed by atoms with E-state index < -0.39 is 0 Å². The maximum Gasteiger partial charge on any atom is 0.129 e. The van der Waals surface area contributed by atoms with E-state index in [1.165, 1.54) is 6.07 Å². The number of ether oxygens (including phenoxy) is 1. The molecule has 0 aromatic heterocycles. The summed E-state index contributed by atoms with van der Waals surface area (Å²) in [5.74, 6) is -0.165. The molecule has 1 aromatic carbocycles. The van der Waals surface area contributed by atoms with Crippen LogP contribution in [0, 0.1) is 11.7 Å². The maximum absolute atomic E-state index is 14.0. The summed E-state index contributed by atoms with van der Waals surface area (Å²) in [7, 11) is 0. The Kier molecular flexibility index (Phi) is 4.64. The number of nitrogens with two attached hydrogens (primary N) is 1. The molecule has 1 fully saturated rings. The van der Waals surface area contributed by atoms with Gasteiger partial charge in [0.1, 0.15) is 5.82 Å². The number of rotatable bonds is 3. The molecule has 0 spiro atoms. The predicted molar refractivity (Wildman–Crippen MR) is 74.2 cm³/mol. The zero-order valence-electron chi connectivity index (χ0n) is 10.1. The van der Waals surface area contributed by atoms with Crippen LogP contribution in [0.15, 0.2) is 16.6 Å². The molecule has 5 heteroatoms. The van der Waals surface area contributed by atoms with E-state index in [1.807, 2.05) is 0 Å². The van der Waals surface area contributed by atoms with Crippen molar-refractivity contribution < 1.29 is 9.13 Å². The van der Waals surface area contributed by atoms with Crippen molar-refractivity contribution in [2.45, 2.75) is 31.9 Å². The van der Waals surface area contributed by atoms with Gasteiger partial charge in [0, 0.05) is 28.6 Å². The molecule has 0 amide bonds. The van der Waals surface area contributed by atoms with Crippen LogP contribution in [0.1, 0.15) is 31.4 Å². The monoisotopic (exact) mass is 335 g/mol. The van der Waals surface area contributed by atoms with Gasteiger partial charge in [-0.3, -0.25) is 0 Å². The summed E-state index contributed by atoms with van der Waals surface area (Å²) in [4.78, 5) is 0. The third kappa shape index (κ3) is 2.72. The summed E-state index contributed by atoms with van der Waals surface area (Å²) >= 11 is 9.21. The van der Waals surface area contributed by atoms with Gasteiger partial charge < -0.3 is 10.5 Å². The van der Waals surface area contributed by atoms with Gasteiger partial charge in [-0.2, -0.15) is 0 Å². The Balaban J connectivity index is 2.28. The fourth-order valence-electron chi connectivity index (χ4n) is 2.52. The van der Waals surface area contributed by atoms with E-state index in [2.05, 4.69) is 22.9 Å². The summed E-state index contributed by atoms with van der Waals surface area (Å²) in [5, 5.41) is 0.480. The minimum atomic E-state index is -0.372. The number of benzene rings is 1. The Hall–Kier alpha value is -0.160. The molecule has 18 heavy (non-hydrogen) atoms. The molecule has 0 bridgehead atoms. The molecular weight excluding hydrogens is 321 g/mol. The largest absolute Gasteiger partial charge is 0.378 e. The molecule has 2 nitrogen and oxygen atoms in total. The van der Waals surface area contributed by atoms with Crippen LogP contribution >= 0.6 is 27.5 Å². The fraction of sp³-hybridized carbons (Fsp3) is 0.538. The maximum atomic E-state index is 14.0. The van der Waals surface area contributed by atoms with Crippen LogP contribution in [0.2, 0.25) is 5.02 Å². The summed E-state index contributed by atoms with van der Waals surface area (Å²) in [6.45, 7) is 2.75. The van der Waals surface area contributed by atoms with E-state index in [9.17, 15) is 4.39 Å². The predicted octanol–water partition coefficient (Wildman–Crippen LogP) is 4.06. The van der Waals surface area contributed by atoms with E-state index in [-0.39, 0.29) is 23.9 Å². The van der Waals surface area contributed by atoms with Gasteiger partial charge in [-0.05, 0) is 40.9 Å². The van der Waals surface area contributed by atoms with Crippen molar-refractivity contribution in [1.82, 2.24) is 0 Å². The molecular formula is C13H16BrClFNO. The molecule has 0 saturated carbocycles. The normalized spacial score (nSPS) is 25.4. The average molecular weight is 337 g/mol. The Morgan fingerprint density at radius 3 is 3.00 bits per heavy atom. The second-order valence-corrected chi connectivity index (χ2v) is 5.85. The molecule has 3 atom stereocenters. The molecule has 1 aliphatic heterocycles. The van der Waals surface area contributed by atoms with Crippen molar-refractivity contribution in [1.29, 1.82) is 0 Å². The summed E-state index contributed by atoms with van der Waals surface area (Å²) in [6.07, 6.45) is 1.87. The third-order valence-electron chi connectivity index (χ3n) is 3.52. The third-order valence-corrected chi connectivity index (χ3v) is 4.72.